The minimum absolute atomic E-state index is 0.293. The first-order valence-electron chi connectivity index (χ1n) is 4.22. The molecule has 0 N–H and O–H groups in total. The van der Waals surface area contributed by atoms with E-state index in [4.69, 9.17) is 0 Å². The number of sulfonamides is 1. The molecule has 0 aromatic heterocycles. The van der Waals surface area contributed by atoms with Gasteiger partial charge in [-0.05, 0) is 13.8 Å². The van der Waals surface area contributed by atoms with E-state index >= 15 is 0 Å². The Labute approximate surface area is 80.0 Å². The first-order valence-corrected chi connectivity index (χ1v) is 5.73. The van der Waals surface area contributed by atoms with Crippen LogP contribution in [0.1, 0.15) is 27.7 Å². The van der Waals surface area contributed by atoms with Gasteiger partial charge in [-0.2, -0.15) is 0 Å². The average Bonchev–Trinajstić information content (AvgIpc) is 2.01. The van der Waals surface area contributed by atoms with Crippen LogP contribution in [-0.4, -0.2) is 30.9 Å². The highest BCUT2D eigenvalue weighted by Crippen LogP contribution is 2.09. The molecule has 0 radical (unpaired) electrons. The molecule has 0 aliphatic rings. The van der Waals surface area contributed by atoms with Crippen LogP contribution in [0.2, 0.25) is 0 Å². The van der Waals surface area contributed by atoms with Gasteiger partial charge in [-0.25, -0.2) is 12.7 Å². The Morgan fingerprint density at radius 1 is 1.15 bits per heavy atom. The van der Waals surface area contributed by atoms with Crippen LogP contribution in [0.4, 0.5) is 0 Å². The molecule has 0 aromatic carbocycles. The maximum atomic E-state index is 11.5. The van der Waals surface area contributed by atoms with Gasteiger partial charge in [0.15, 0.2) is 0 Å². The molecule has 13 heavy (non-hydrogen) atoms. The lowest BCUT2D eigenvalue weighted by Crippen LogP contribution is -2.39. The summed E-state index contributed by atoms with van der Waals surface area (Å²) in [5.41, 5.74) is 0. The Morgan fingerprint density at radius 2 is 1.54 bits per heavy atom. The molecule has 0 bridgehead atoms. The molecule has 0 aromatic rings. The highest BCUT2D eigenvalue weighted by molar-refractivity contribution is 7.90. The largest absolute Gasteiger partial charge is 0.274 e. The van der Waals surface area contributed by atoms with E-state index in [1.807, 2.05) is 0 Å². The minimum Gasteiger partial charge on any atom is -0.274 e. The smallest absolute Gasteiger partial charge is 0.239 e. The summed E-state index contributed by atoms with van der Waals surface area (Å²) in [4.78, 5) is 11.3. The van der Waals surface area contributed by atoms with Gasteiger partial charge in [0.2, 0.25) is 15.9 Å². The monoisotopic (exact) mass is 207 g/mol. The lowest BCUT2D eigenvalue weighted by molar-refractivity contribution is -0.128. The Morgan fingerprint density at radius 3 is 1.77 bits per heavy atom. The van der Waals surface area contributed by atoms with Crippen molar-refractivity contribution in [3.8, 4) is 0 Å². The number of hydrogen-bond donors (Lipinski definition) is 0. The van der Waals surface area contributed by atoms with Crippen LogP contribution in [0.25, 0.3) is 0 Å². The summed E-state index contributed by atoms with van der Waals surface area (Å²) in [5.74, 6) is -0.660. The van der Waals surface area contributed by atoms with Crippen molar-refractivity contribution < 1.29 is 13.2 Å². The summed E-state index contributed by atoms with van der Waals surface area (Å²) in [7, 11) is -2.13. The van der Waals surface area contributed by atoms with Crippen molar-refractivity contribution in [2.24, 2.45) is 5.92 Å². The fourth-order valence-corrected chi connectivity index (χ4v) is 1.90. The molecule has 0 saturated heterocycles. The molecular formula is C8H17NO3S. The molecular weight excluding hydrogens is 190 g/mol. The summed E-state index contributed by atoms with van der Waals surface area (Å²) in [6.07, 6.45) is 0. The molecule has 0 spiro atoms. The third kappa shape index (κ3) is 2.69. The number of carbonyl (C=O) groups excluding carboxylic acids is 1. The van der Waals surface area contributed by atoms with Gasteiger partial charge in [-0.15, -0.1) is 0 Å². The summed E-state index contributed by atoms with van der Waals surface area (Å²) in [6.45, 7) is 6.46. The molecule has 1 amide bonds. The number of amides is 1. The van der Waals surface area contributed by atoms with Crippen LogP contribution in [0.15, 0.2) is 0 Å². The number of nitrogens with zero attached hydrogens (tertiary/aromatic N) is 1. The van der Waals surface area contributed by atoms with E-state index in [2.05, 4.69) is 0 Å². The van der Waals surface area contributed by atoms with Crippen molar-refractivity contribution in [1.82, 2.24) is 4.31 Å². The summed E-state index contributed by atoms with van der Waals surface area (Å²) < 4.78 is 23.8. The Hall–Kier alpha value is -0.580. The molecule has 0 unspecified atom stereocenters. The minimum atomic E-state index is -3.44. The Kier molecular flexibility index (Phi) is 3.90. The maximum Gasteiger partial charge on any atom is 0.239 e. The lowest BCUT2D eigenvalue weighted by atomic mass is 10.2. The van der Waals surface area contributed by atoms with Crippen molar-refractivity contribution in [3.05, 3.63) is 0 Å². The SMILES string of the molecule is CC(C)C(=O)N(C)S(=O)(=O)C(C)C. The third-order valence-corrected chi connectivity index (χ3v) is 3.92. The summed E-state index contributed by atoms with van der Waals surface area (Å²) in [6, 6.07) is 0. The van der Waals surface area contributed by atoms with Gasteiger partial charge in [0, 0.05) is 13.0 Å². The second-order valence-corrected chi connectivity index (χ2v) is 6.07. The predicted molar refractivity (Wildman–Crippen MR) is 51.7 cm³/mol. The van der Waals surface area contributed by atoms with Crippen LogP contribution < -0.4 is 0 Å². The molecule has 0 aliphatic heterocycles. The van der Waals surface area contributed by atoms with Crippen LogP contribution >= 0.6 is 0 Å². The van der Waals surface area contributed by atoms with E-state index in [1.165, 1.54) is 7.05 Å². The van der Waals surface area contributed by atoms with E-state index < -0.39 is 15.3 Å². The second-order valence-electron chi connectivity index (χ2n) is 3.55. The predicted octanol–water partition coefficient (Wildman–Crippen LogP) is 0.839. The fraction of sp³-hybridized carbons (Fsp3) is 0.875. The standard InChI is InChI=1S/C8H17NO3S/c1-6(2)8(10)9(5)13(11,12)7(3)4/h6-7H,1-5H3. The van der Waals surface area contributed by atoms with E-state index in [9.17, 15) is 13.2 Å². The Balaban J connectivity index is 4.81. The zero-order chi connectivity index (χ0) is 10.8. The molecule has 0 atom stereocenters. The third-order valence-electron chi connectivity index (χ3n) is 1.78. The van der Waals surface area contributed by atoms with Crippen molar-refractivity contribution in [2.45, 2.75) is 32.9 Å². The summed E-state index contributed by atoms with van der Waals surface area (Å²) in [5, 5.41) is -0.555. The fourth-order valence-electron chi connectivity index (χ4n) is 0.805. The van der Waals surface area contributed by atoms with E-state index in [1.54, 1.807) is 27.7 Å². The normalized spacial score (nSPS) is 12.2. The van der Waals surface area contributed by atoms with E-state index in [0.29, 0.717) is 0 Å². The highest BCUT2D eigenvalue weighted by Gasteiger charge is 2.27. The van der Waals surface area contributed by atoms with Crippen molar-refractivity contribution >= 4 is 15.9 Å². The van der Waals surface area contributed by atoms with Crippen molar-refractivity contribution in [1.29, 1.82) is 0 Å². The molecule has 0 heterocycles. The second kappa shape index (κ2) is 4.09. The zero-order valence-corrected chi connectivity index (χ0v) is 9.55. The number of carbonyl (C=O) groups is 1. The van der Waals surface area contributed by atoms with Crippen LogP contribution in [0.3, 0.4) is 0 Å². The molecule has 5 heteroatoms. The molecule has 0 saturated carbocycles. The van der Waals surface area contributed by atoms with Gasteiger partial charge in [0.1, 0.15) is 0 Å². The van der Waals surface area contributed by atoms with Crippen molar-refractivity contribution in [3.63, 3.8) is 0 Å². The van der Waals surface area contributed by atoms with Crippen LogP contribution in [-0.2, 0) is 14.8 Å². The Bertz CT molecular complexity index is 280. The summed E-state index contributed by atoms with van der Waals surface area (Å²) >= 11 is 0. The lowest BCUT2D eigenvalue weighted by Gasteiger charge is -2.21. The molecule has 0 aliphatic carbocycles. The first kappa shape index (κ1) is 12.4. The first-order chi connectivity index (χ1) is 5.71. The number of rotatable bonds is 3. The van der Waals surface area contributed by atoms with E-state index in [0.717, 1.165) is 4.31 Å². The molecule has 0 fully saturated rings. The highest BCUT2D eigenvalue weighted by atomic mass is 32.2. The van der Waals surface area contributed by atoms with Gasteiger partial charge in [-0.3, -0.25) is 4.79 Å². The maximum absolute atomic E-state index is 11.5. The van der Waals surface area contributed by atoms with Gasteiger partial charge in [0.25, 0.3) is 0 Å². The number of hydrogen-bond acceptors (Lipinski definition) is 3. The molecule has 78 valence electrons. The van der Waals surface area contributed by atoms with Crippen LogP contribution in [0, 0.1) is 5.92 Å². The van der Waals surface area contributed by atoms with Gasteiger partial charge >= 0.3 is 0 Å². The quantitative estimate of drug-likeness (QED) is 0.689. The van der Waals surface area contributed by atoms with Gasteiger partial charge in [-0.1, -0.05) is 13.8 Å². The van der Waals surface area contributed by atoms with E-state index in [-0.39, 0.29) is 11.8 Å². The average molecular weight is 207 g/mol. The molecule has 4 nitrogen and oxygen atoms in total. The molecule has 0 rings (SSSR count). The topological polar surface area (TPSA) is 54.5 Å². The van der Waals surface area contributed by atoms with Crippen molar-refractivity contribution in [2.75, 3.05) is 7.05 Å². The van der Waals surface area contributed by atoms with Gasteiger partial charge < -0.3 is 0 Å². The van der Waals surface area contributed by atoms with Gasteiger partial charge in [0.05, 0.1) is 5.25 Å². The zero-order valence-electron chi connectivity index (χ0n) is 8.73. The van der Waals surface area contributed by atoms with Crippen LogP contribution in [0.5, 0.6) is 0 Å².